The number of carboxylic acids is 1. The first-order valence-corrected chi connectivity index (χ1v) is 8.31. The molecule has 1 heterocycles. The Morgan fingerprint density at radius 1 is 1.00 bits per heavy atom. The highest BCUT2D eigenvalue weighted by Gasteiger charge is 2.37. The predicted molar refractivity (Wildman–Crippen MR) is 93.5 cm³/mol. The van der Waals surface area contributed by atoms with Crippen molar-refractivity contribution in [2.75, 3.05) is 11.5 Å². The van der Waals surface area contributed by atoms with Crippen LogP contribution in [0.15, 0.2) is 42.5 Å². The molecule has 2 amide bonds. The van der Waals surface area contributed by atoms with Gasteiger partial charge in [-0.3, -0.25) is 9.59 Å². The van der Waals surface area contributed by atoms with Crippen molar-refractivity contribution in [1.29, 1.82) is 0 Å². The smallest absolute Gasteiger partial charge is 0.338 e. The summed E-state index contributed by atoms with van der Waals surface area (Å²) in [5, 5.41) is 11.0. The lowest BCUT2D eigenvalue weighted by molar-refractivity contribution is -0.255. The summed E-state index contributed by atoms with van der Waals surface area (Å²) in [6.07, 6.45) is 0. The van der Waals surface area contributed by atoms with E-state index in [4.69, 9.17) is 4.74 Å². The van der Waals surface area contributed by atoms with Gasteiger partial charge in [0.05, 0.1) is 35.0 Å². The van der Waals surface area contributed by atoms with E-state index in [9.17, 15) is 24.3 Å². The van der Waals surface area contributed by atoms with Crippen LogP contribution < -0.4 is 10.0 Å². The lowest BCUT2D eigenvalue weighted by Crippen LogP contribution is -2.29. The number of benzene rings is 2. The molecule has 3 rings (SSSR count). The van der Waals surface area contributed by atoms with Gasteiger partial charge in [0.2, 0.25) is 0 Å². The monoisotopic (exact) mass is 366 g/mol. The van der Waals surface area contributed by atoms with Crippen molar-refractivity contribution in [2.45, 2.75) is 13.8 Å². The number of esters is 1. The molecule has 2 aromatic rings. The van der Waals surface area contributed by atoms with Crippen molar-refractivity contribution in [3.63, 3.8) is 0 Å². The number of fused-ring (bicyclic) bond motifs is 1. The number of carboxylic acid groups (broad SMARTS) is 1. The maximum atomic E-state index is 12.7. The second kappa shape index (κ2) is 7.03. The molecule has 0 atom stereocenters. The van der Waals surface area contributed by atoms with E-state index in [2.05, 4.69) is 0 Å². The highest BCUT2D eigenvalue weighted by Crippen LogP contribution is 2.29. The number of aromatic carboxylic acids is 1. The number of amides is 2. The van der Waals surface area contributed by atoms with Crippen LogP contribution in [0.4, 0.5) is 5.69 Å². The van der Waals surface area contributed by atoms with Crippen molar-refractivity contribution in [2.24, 2.45) is 5.92 Å². The summed E-state index contributed by atoms with van der Waals surface area (Å²) < 4.78 is 5.17. The van der Waals surface area contributed by atoms with E-state index < -0.39 is 23.8 Å². The molecule has 138 valence electrons. The Labute approximate surface area is 155 Å². The average molecular weight is 366 g/mol. The van der Waals surface area contributed by atoms with Gasteiger partial charge < -0.3 is 14.6 Å². The third-order valence-electron chi connectivity index (χ3n) is 4.01. The fraction of sp³-hybridized carbons (Fsp3) is 0.200. The molecule has 0 spiro atoms. The number of imide groups is 1. The number of carbonyl (C=O) groups is 4. The van der Waals surface area contributed by atoms with Crippen LogP contribution in [0.25, 0.3) is 0 Å². The summed E-state index contributed by atoms with van der Waals surface area (Å²) in [5.74, 6) is -3.07. The van der Waals surface area contributed by atoms with Gasteiger partial charge in [-0.1, -0.05) is 26.0 Å². The van der Waals surface area contributed by atoms with Gasteiger partial charge in [0, 0.05) is 0 Å². The Bertz CT molecular complexity index is 963. The molecular weight excluding hydrogens is 350 g/mol. The molecule has 0 aromatic heterocycles. The van der Waals surface area contributed by atoms with Crippen LogP contribution in [0.1, 0.15) is 55.3 Å². The van der Waals surface area contributed by atoms with Crippen LogP contribution in [0, 0.1) is 5.92 Å². The zero-order chi connectivity index (χ0) is 19.7. The minimum absolute atomic E-state index is 0.0190. The first-order chi connectivity index (χ1) is 12.8. The van der Waals surface area contributed by atoms with Crippen LogP contribution in [0.3, 0.4) is 0 Å². The number of carbonyl (C=O) groups excluding carboxylic acids is 4. The Balaban J connectivity index is 1.92. The van der Waals surface area contributed by atoms with Crippen molar-refractivity contribution < 1.29 is 29.0 Å². The molecule has 0 saturated heterocycles. The Morgan fingerprint density at radius 3 is 2.37 bits per heavy atom. The van der Waals surface area contributed by atoms with Gasteiger partial charge in [-0.15, -0.1) is 0 Å². The molecule has 0 bridgehead atoms. The molecule has 7 nitrogen and oxygen atoms in total. The largest absolute Gasteiger partial charge is 0.545 e. The van der Waals surface area contributed by atoms with Crippen molar-refractivity contribution in [1.82, 2.24) is 0 Å². The van der Waals surface area contributed by atoms with Crippen molar-refractivity contribution in [3.8, 4) is 0 Å². The van der Waals surface area contributed by atoms with E-state index in [-0.39, 0.29) is 40.5 Å². The molecule has 27 heavy (non-hydrogen) atoms. The zero-order valence-electron chi connectivity index (χ0n) is 14.7. The van der Waals surface area contributed by atoms with Crippen LogP contribution in [-0.4, -0.2) is 30.4 Å². The van der Waals surface area contributed by atoms with E-state index in [1.807, 2.05) is 13.8 Å². The molecule has 1 aliphatic rings. The minimum atomic E-state index is -1.44. The van der Waals surface area contributed by atoms with Crippen LogP contribution >= 0.6 is 0 Å². The number of hydrogen-bond acceptors (Lipinski definition) is 6. The van der Waals surface area contributed by atoms with Gasteiger partial charge in [-0.2, -0.15) is 0 Å². The van der Waals surface area contributed by atoms with E-state index in [0.717, 1.165) is 11.0 Å². The summed E-state index contributed by atoms with van der Waals surface area (Å²) >= 11 is 0. The number of rotatable bonds is 5. The second-order valence-corrected chi connectivity index (χ2v) is 6.54. The molecule has 0 N–H and O–H groups in total. The maximum Gasteiger partial charge on any atom is 0.338 e. The Hall–Kier alpha value is -3.48. The van der Waals surface area contributed by atoms with Gasteiger partial charge in [0.15, 0.2) is 0 Å². The molecule has 1 aliphatic heterocycles. The third kappa shape index (κ3) is 3.44. The lowest BCUT2D eigenvalue weighted by Gasteiger charge is -2.15. The Morgan fingerprint density at radius 2 is 1.70 bits per heavy atom. The zero-order valence-corrected chi connectivity index (χ0v) is 14.7. The van der Waals surface area contributed by atoms with E-state index in [1.165, 1.54) is 36.4 Å². The third-order valence-corrected chi connectivity index (χ3v) is 4.01. The SMILES string of the molecule is CC(C)COC(=O)c1cccc(N2C(=O)c3ccc(C(=O)[O-])cc3C2=O)c1. The molecule has 0 aliphatic carbocycles. The van der Waals surface area contributed by atoms with Crippen LogP contribution in [0.2, 0.25) is 0 Å². The first kappa shape index (κ1) is 18.3. The van der Waals surface area contributed by atoms with E-state index in [0.29, 0.717) is 0 Å². The van der Waals surface area contributed by atoms with Gasteiger partial charge in [-0.05, 0) is 41.8 Å². The molecule has 2 aromatic carbocycles. The number of nitrogens with zero attached hydrogens (tertiary/aromatic N) is 1. The number of anilines is 1. The number of hydrogen-bond donors (Lipinski definition) is 0. The van der Waals surface area contributed by atoms with Gasteiger partial charge >= 0.3 is 5.97 Å². The maximum absolute atomic E-state index is 12.7. The summed E-state index contributed by atoms with van der Waals surface area (Å²) in [5.41, 5.74) is 0.297. The highest BCUT2D eigenvalue weighted by atomic mass is 16.5. The topological polar surface area (TPSA) is 104 Å². The predicted octanol–water partition coefficient (Wildman–Crippen LogP) is 1.66. The van der Waals surface area contributed by atoms with Gasteiger partial charge in [-0.25, -0.2) is 9.69 Å². The molecule has 0 saturated carbocycles. The number of ether oxygens (including phenoxy) is 1. The molecule has 0 fully saturated rings. The van der Waals surface area contributed by atoms with Crippen molar-refractivity contribution in [3.05, 3.63) is 64.7 Å². The fourth-order valence-electron chi connectivity index (χ4n) is 2.70. The van der Waals surface area contributed by atoms with Crippen LogP contribution in [0.5, 0.6) is 0 Å². The summed E-state index contributed by atoms with van der Waals surface area (Å²) in [4.78, 5) is 49.3. The highest BCUT2D eigenvalue weighted by molar-refractivity contribution is 6.34. The van der Waals surface area contributed by atoms with E-state index in [1.54, 1.807) is 0 Å². The Kier molecular flexibility index (Phi) is 4.77. The van der Waals surface area contributed by atoms with E-state index >= 15 is 0 Å². The standard InChI is InChI=1S/C20H17NO6/c1-11(2)10-27-20(26)13-4-3-5-14(8-13)21-17(22)15-7-6-12(19(24)25)9-16(15)18(21)23/h3-9,11H,10H2,1-2H3,(H,24,25)/p-1. The summed E-state index contributed by atoms with van der Waals surface area (Å²) in [6, 6.07) is 9.58. The molecule has 0 unspecified atom stereocenters. The summed E-state index contributed by atoms with van der Waals surface area (Å²) in [6.45, 7) is 4.06. The molecule has 0 radical (unpaired) electrons. The summed E-state index contributed by atoms with van der Waals surface area (Å²) in [7, 11) is 0. The quantitative estimate of drug-likeness (QED) is 0.589. The van der Waals surface area contributed by atoms with Gasteiger partial charge in [0.1, 0.15) is 0 Å². The van der Waals surface area contributed by atoms with Gasteiger partial charge in [0.25, 0.3) is 11.8 Å². The normalized spacial score (nSPS) is 13.1. The molecule has 7 heteroatoms. The minimum Gasteiger partial charge on any atom is -0.545 e. The van der Waals surface area contributed by atoms with Crippen molar-refractivity contribution >= 4 is 29.4 Å². The first-order valence-electron chi connectivity index (χ1n) is 8.31. The average Bonchev–Trinajstić information content (AvgIpc) is 2.90. The fourth-order valence-corrected chi connectivity index (χ4v) is 2.70. The van der Waals surface area contributed by atoms with Crippen LogP contribution in [-0.2, 0) is 4.74 Å². The second-order valence-electron chi connectivity index (χ2n) is 6.54. The lowest BCUT2D eigenvalue weighted by atomic mass is 10.1. The molecular formula is C20H16NO6-.